The second-order valence-electron chi connectivity index (χ2n) is 4.37. The predicted octanol–water partition coefficient (Wildman–Crippen LogP) is 0.419. The van der Waals surface area contributed by atoms with Crippen LogP contribution in [0.5, 0.6) is 5.88 Å². The molecule has 1 heterocycles. The summed E-state index contributed by atoms with van der Waals surface area (Å²) in [6, 6.07) is 4.70. The van der Waals surface area contributed by atoms with E-state index in [9.17, 15) is 4.39 Å². The van der Waals surface area contributed by atoms with Crippen molar-refractivity contribution in [1.82, 2.24) is 15.4 Å². The van der Waals surface area contributed by atoms with E-state index in [1.54, 1.807) is 37.7 Å². The fourth-order valence-corrected chi connectivity index (χ4v) is 1.70. The maximum Gasteiger partial charge on any atom is 0.235 e. The summed E-state index contributed by atoms with van der Waals surface area (Å²) in [7, 11) is 1.64. The second-order valence-corrected chi connectivity index (χ2v) is 4.37. The molecule has 1 aromatic heterocycles. The first-order chi connectivity index (χ1) is 11.0. The lowest BCUT2D eigenvalue weighted by atomic mass is 10.1. The fraction of sp³-hybridized carbons (Fsp3) is 0.214. The minimum absolute atomic E-state index is 0.0447. The van der Waals surface area contributed by atoms with Crippen LogP contribution < -0.4 is 26.9 Å². The second kappa shape index (κ2) is 9.28. The summed E-state index contributed by atoms with van der Waals surface area (Å²) in [5.41, 5.74) is 3.36. The van der Waals surface area contributed by atoms with Crippen molar-refractivity contribution in [1.29, 1.82) is 0 Å². The number of amides is 1. The molecular formula is C14H19FN6O2. The van der Waals surface area contributed by atoms with Crippen LogP contribution in [-0.2, 0) is 11.4 Å². The molecule has 8 nitrogen and oxygen atoms in total. The van der Waals surface area contributed by atoms with Crippen LogP contribution in [0.2, 0.25) is 0 Å². The summed E-state index contributed by atoms with van der Waals surface area (Å²) in [5.74, 6) is 10.1. The Hall–Kier alpha value is -2.78. The molecule has 2 rings (SSSR count). The fourth-order valence-electron chi connectivity index (χ4n) is 1.70. The van der Waals surface area contributed by atoms with Gasteiger partial charge in [-0.1, -0.05) is 6.07 Å². The van der Waals surface area contributed by atoms with Crippen LogP contribution in [0.1, 0.15) is 11.3 Å². The molecule has 9 heteroatoms. The number of carbonyl (C=O) groups is 1. The highest BCUT2D eigenvalue weighted by molar-refractivity contribution is 5.52. The van der Waals surface area contributed by atoms with Crippen LogP contribution in [0, 0.1) is 12.7 Å². The Morgan fingerprint density at radius 1 is 1.39 bits per heavy atom. The normalized spacial score (nSPS) is 9.43. The highest BCUT2D eigenvalue weighted by Crippen LogP contribution is 2.22. The molecule has 0 atom stereocenters. The summed E-state index contributed by atoms with van der Waals surface area (Å²) in [4.78, 5) is 17.0. The predicted molar refractivity (Wildman–Crippen MR) is 83.5 cm³/mol. The van der Waals surface area contributed by atoms with Crippen LogP contribution in [0.25, 0.3) is 0 Å². The van der Waals surface area contributed by atoms with Gasteiger partial charge in [-0.3, -0.25) is 15.2 Å². The zero-order chi connectivity index (χ0) is 17.2. The van der Waals surface area contributed by atoms with Crippen LogP contribution in [0.3, 0.4) is 0 Å². The zero-order valence-electron chi connectivity index (χ0n) is 12.9. The number of anilines is 1. The van der Waals surface area contributed by atoms with Gasteiger partial charge in [-0.05, 0) is 19.1 Å². The Bertz CT molecular complexity index is 638. The Morgan fingerprint density at radius 2 is 2.04 bits per heavy atom. The number of halogens is 1. The van der Waals surface area contributed by atoms with Crippen molar-refractivity contribution in [2.24, 2.45) is 11.7 Å². The zero-order valence-corrected chi connectivity index (χ0v) is 12.9. The molecule has 5 N–H and O–H groups in total. The number of hydrogen-bond acceptors (Lipinski definition) is 7. The van der Waals surface area contributed by atoms with E-state index in [0.29, 0.717) is 29.2 Å². The molecule has 0 fully saturated rings. The molecular weight excluding hydrogens is 303 g/mol. The largest absolute Gasteiger partial charge is 0.471 e. The smallest absolute Gasteiger partial charge is 0.235 e. The van der Waals surface area contributed by atoms with Crippen LogP contribution in [-0.4, -0.2) is 23.4 Å². The lowest BCUT2D eigenvalue weighted by Crippen LogP contribution is -2.27. The average Bonchev–Trinajstić information content (AvgIpc) is 2.55. The summed E-state index contributed by atoms with van der Waals surface area (Å²) in [5, 5.41) is 1.35. The third-order valence-electron chi connectivity index (χ3n) is 2.73. The van der Waals surface area contributed by atoms with E-state index >= 15 is 0 Å². The number of hydrazine groups is 2. The summed E-state index contributed by atoms with van der Waals surface area (Å²) >= 11 is 0. The average molecular weight is 322 g/mol. The summed E-state index contributed by atoms with van der Waals surface area (Å²) in [6.07, 6.45) is 3.50. The lowest BCUT2D eigenvalue weighted by Gasteiger charge is -2.17. The number of nitrogens with zero attached hydrogens (tertiary/aromatic N) is 3. The molecule has 2 aromatic rings. The van der Waals surface area contributed by atoms with E-state index in [1.807, 2.05) is 0 Å². The molecule has 0 aliphatic carbocycles. The van der Waals surface area contributed by atoms with E-state index in [1.165, 1.54) is 17.3 Å². The van der Waals surface area contributed by atoms with E-state index in [-0.39, 0.29) is 12.4 Å². The van der Waals surface area contributed by atoms with Crippen molar-refractivity contribution < 1.29 is 13.9 Å². The molecule has 0 aliphatic heterocycles. The molecule has 0 radical (unpaired) electrons. The van der Waals surface area contributed by atoms with Crippen molar-refractivity contribution in [3.05, 3.63) is 47.7 Å². The lowest BCUT2D eigenvalue weighted by molar-refractivity contribution is -0.109. The molecule has 0 unspecified atom stereocenters. The van der Waals surface area contributed by atoms with Crippen molar-refractivity contribution in [2.45, 2.75) is 13.5 Å². The van der Waals surface area contributed by atoms with Crippen molar-refractivity contribution in [2.75, 3.05) is 12.1 Å². The Morgan fingerprint density at radius 3 is 2.61 bits per heavy atom. The minimum atomic E-state index is -0.364. The maximum atomic E-state index is 13.8. The van der Waals surface area contributed by atoms with Crippen molar-refractivity contribution in [3.8, 4) is 5.88 Å². The molecule has 23 heavy (non-hydrogen) atoms. The minimum Gasteiger partial charge on any atom is -0.471 e. The van der Waals surface area contributed by atoms with Gasteiger partial charge in [0.1, 0.15) is 12.4 Å². The number of carbonyl (C=O) groups excluding carboxylic acids is 1. The van der Waals surface area contributed by atoms with Crippen molar-refractivity contribution in [3.63, 3.8) is 0 Å². The van der Waals surface area contributed by atoms with Gasteiger partial charge in [0.25, 0.3) is 0 Å². The van der Waals surface area contributed by atoms with Crippen molar-refractivity contribution >= 4 is 12.1 Å². The number of rotatable bonds is 5. The highest BCUT2D eigenvalue weighted by Gasteiger charge is 2.12. The molecule has 0 bridgehead atoms. The van der Waals surface area contributed by atoms with Gasteiger partial charge in [0, 0.05) is 25.0 Å². The first-order valence-electron chi connectivity index (χ1n) is 6.57. The molecule has 0 aliphatic rings. The monoisotopic (exact) mass is 322 g/mol. The molecule has 0 spiro atoms. The molecule has 1 amide bonds. The third kappa shape index (κ3) is 5.49. The van der Waals surface area contributed by atoms with Gasteiger partial charge >= 0.3 is 0 Å². The van der Waals surface area contributed by atoms with E-state index < -0.39 is 0 Å². The number of benzene rings is 1. The van der Waals surface area contributed by atoms with E-state index in [0.717, 1.165) is 0 Å². The molecule has 0 saturated carbocycles. The first kappa shape index (κ1) is 18.3. The Labute approximate surface area is 133 Å². The van der Waals surface area contributed by atoms with E-state index in [4.69, 9.17) is 15.4 Å². The topological polar surface area (TPSA) is 119 Å². The van der Waals surface area contributed by atoms with Gasteiger partial charge in [0.05, 0.1) is 11.4 Å². The standard InChI is InChI=1S/C13H15FN4O.CH4N2O/c1-9-13(17-7-6-16-9)19-8-10-11(14)4-3-5-12(10)18(2)15;2-3-1-4/h3-7H,8,15H2,1-2H3;1H,2H2,(H,3,4). The number of ether oxygens (including phenoxy) is 1. The van der Waals surface area contributed by atoms with Gasteiger partial charge in [0.2, 0.25) is 12.3 Å². The first-order valence-corrected chi connectivity index (χ1v) is 6.57. The number of aromatic nitrogens is 2. The van der Waals surface area contributed by atoms with Crippen LogP contribution in [0.15, 0.2) is 30.6 Å². The SMILES string of the molecule is Cc1nccnc1OCc1c(F)cccc1N(C)N.NNC=O. The number of nitrogens with one attached hydrogen (secondary N) is 1. The number of aryl methyl sites for hydroxylation is 1. The molecule has 1 aromatic carbocycles. The summed E-state index contributed by atoms with van der Waals surface area (Å²) < 4.78 is 19.3. The highest BCUT2D eigenvalue weighted by atomic mass is 19.1. The van der Waals surface area contributed by atoms with Gasteiger partial charge in [0.15, 0.2) is 0 Å². The van der Waals surface area contributed by atoms with Crippen LogP contribution in [0.4, 0.5) is 10.1 Å². The van der Waals surface area contributed by atoms with E-state index in [2.05, 4.69) is 15.8 Å². The van der Waals surface area contributed by atoms with Crippen LogP contribution >= 0.6 is 0 Å². The quantitative estimate of drug-likeness (QED) is 0.316. The Balaban J connectivity index is 0.000000593. The maximum absolute atomic E-state index is 13.8. The summed E-state index contributed by atoms with van der Waals surface area (Å²) in [6.45, 7) is 1.82. The number of nitrogens with two attached hydrogens (primary N) is 2. The molecule has 0 saturated heterocycles. The van der Waals surface area contributed by atoms with Gasteiger partial charge in [-0.25, -0.2) is 21.1 Å². The Kier molecular flexibility index (Phi) is 7.37. The van der Waals surface area contributed by atoms with Gasteiger partial charge in [-0.2, -0.15) is 0 Å². The molecule has 124 valence electrons. The van der Waals surface area contributed by atoms with Gasteiger partial charge in [-0.15, -0.1) is 0 Å². The van der Waals surface area contributed by atoms with Gasteiger partial charge < -0.3 is 9.75 Å². The third-order valence-corrected chi connectivity index (χ3v) is 2.73. The number of hydrogen-bond donors (Lipinski definition) is 3.